The molecule has 11 nitrogen and oxygen atoms in total. The minimum atomic E-state index is -1.67. The van der Waals surface area contributed by atoms with Crippen LogP contribution in [0.15, 0.2) is 48.6 Å². The van der Waals surface area contributed by atoms with Gasteiger partial charge in [-0.3, -0.25) is 4.79 Å². The molecule has 1 aliphatic rings. The van der Waals surface area contributed by atoms with E-state index in [9.17, 15) is 40.5 Å². The Morgan fingerprint density at radius 2 is 0.759 bits per heavy atom. The van der Waals surface area contributed by atoms with Gasteiger partial charge in [0.05, 0.1) is 25.4 Å². The van der Waals surface area contributed by atoms with Gasteiger partial charge in [-0.1, -0.05) is 300 Å². The summed E-state index contributed by atoms with van der Waals surface area (Å²) in [5, 5.41) is 76.3. The molecule has 0 bridgehead atoms. The summed E-state index contributed by atoms with van der Waals surface area (Å²) >= 11 is 0. The summed E-state index contributed by atoms with van der Waals surface area (Å²) < 4.78 is 11.2. The summed E-state index contributed by atoms with van der Waals surface area (Å²) in [5.74, 6) is -0.707. The van der Waals surface area contributed by atoms with E-state index >= 15 is 0 Å². The maximum atomic E-state index is 13.2. The molecule has 488 valence electrons. The van der Waals surface area contributed by atoms with Crippen LogP contribution < -0.4 is 5.32 Å². The van der Waals surface area contributed by atoms with Crippen LogP contribution in [0.25, 0.3) is 0 Å². The molecule has 0 aromatic carbocycles. The third-order valence-electron chi connectivity index (χ3n) is 17.1. The smallest absolute Gasteiger partial charge is 0.249 e. The lowest BCUT2D eigenvalue weighted by Gasteiger charge is -2.40. The predicted octanol–water partition coefficient (Wildman–Crippen LogP) is 17.1. The zero-order valence-corrected chi connectivity index (χ0v) is 53.9. The summed E-state index contributed by atoms with van der Waals surface area (Å²) in [4.78, 5) is 13.2. The summed E-state index contributed by atoms with van der Waals surface area (Å²) in [6.45, 7) is 3.47. The number of aliphatic hydroxyl groups excluding tert-OH is 7. The molecule has 1 aliphatic heterocycles. The molecule has 8 N–H and O–H groups in total. The topological polar surface area (TPSA) is 189 Å². The van der Waals surface area contributed by atoms with Crippen LogP contribution >= 0.6 is 0 Å². The standard InChI is InChI=1S/C72H135NO10/c1-3-5-7-9-11-13-15-17-19-21-23-24-25-26-27-28-29-30-31-32-33-34-35-36-37-38-39-40-41-42-44-46-48-50-52-54-56-58-60-65(76)71(81)73-63(62-82-72-70(80)69(79)68(78)66(61-74)83-72)67(77)64(75)59-57-55-53-51-49-47-45-43-22-20-18-16-14-12-10-8-6-4-2/h29-30,32-33,43,45,51,53,63-70,72,74-80H,3-28,31,34-42,44,46-50,52,54-62H2,1-2H3,(H,73,81)/b30-29-,33-32-,45-43+,53-51+. The van der Waals surface area contributed by atoms with Crippen LogP contribution in [-0.2, 0) is 14.3 Å². The van der Waals surface area contributed by atoms with Crippen molar-refractivity contribution >= 4 is 5.91 Å². The maximum Gasteiger partial charge on any atom is 0.249 e. The van der Waals surface area contributed by atoms with Crippen molar-refractivity contribution in [2.75, 3.05) is 13.2 Å². The Kier molecular flexibility index (Phi) is 57.5. The fraction of sp³-hybridized carbons (Fsp3) is 0.875. The minimum Gasteiger partial charge on any atom is -0.394 e. The molecule has 1 heterocycles. The van der Waals surface area contributed by atoms with Crippen molar-refractivity contribution in [3.05, 3.63) is 48.6 Å². The van der Waals surface area contributed by atoms with E-state index in [0.29, 0.717) is 19.3 Å². The van der Waals surface area contributed by atoms with E-state index in [0.717, 1.165) is 44.9 Å². The van der Waals surface area contributed by atoms with E-state index in [1.54, 1.807) is 0 Å². The number of carbonyl (C=O) groups is 1. The van der Waals surface area contributed by atoms with Crippen molar-refractivity contribution < 1.29 is 50.0 Å². The van der Waals surface area contributed by atoms with Gasteiger partial charge in [0.25, 0.3) is 0 Å². The summed E-state index contributed by atoms with van der Waals surface area (Å²) in [6, 6.07) is -1.19. The zero-order chi connectivity index (χ0) is 60.3. The second-order valence-corrected chi connectivity index (χ2v) is 24.9. The second-order valence-electron chi connectivity index (χ2n) is 24.9. The summed E-state index contributed by atoms with van der Waals surface area (Å²) in [7, 11) is 0. The minimum absolute atomic E-state index is 0.246. The van der Waals surface area contributed by atoms with Gasteiger partial charge in [-0.25, -0.2) is 0 Å². The first-order valence-corrected chi connectivity index (χ1v) is 35.5. The first-order chi connectivity index (χ1) is 40.7. The Morgan fingerprint density at radius 1 is 0.422 bits per heavy atom. The number of hydrogen-bond donors (Lipinski definition) is 8. The van der Waals surface area contributed by atoms with Crippen LogP contribution in [-0.4, -0.2) is 110 Å². The Morgan fingerprint density at radius 3 is 1.14 bits per heavy atom. The molecule has 0 saturated carbocycles. The average molecular weight is 1170 g/mol. The Bertz CT molecular complexity index is 1490. The lowest BCUT2D eigenvalue weighted by Crippen LogP contribution is -2.60. The molecule has 9 atom stereocenters. The van der Waals surface area contributed by atoms with Gasteiger partial charge in [0, 0.05) is 0 Å². The molecule has 1 saturated heterocycles. The van der Waals surface area contributed by atoms with E-state index in [4.69, 9.17) is 9.47 Å². The van der Waals surface area contributed by atoms with E-state index in [2.05, 4.69) is 67.8 Å². The lowest BCUT2D eigenvalue weighted by molar-refractivity contribution is -0.303. The molecule has 0 spiro atoms. The van der Waals surface area contributed by atoms with Crippen LogP contribution in [0, 0.1) is 0 Å². The molecule has 0 aromatic rings. The molecule has 9 unspecified atom stereocenters. The van der Waals surface area contributed by atoms with Crippen molar-refractivity contribution in [1.82, 2.24) is 5.32 Å². The third kappa shape index (κ3) is 47.8. The number of hydrogen-bond acceptors (Lipinski definition) is 10. The molecule has 11 heteroatoms. The second kappa shape index (κ2) is 60.4. The number of unbranched alkanes of at least 4 members (excludes halogenated alkanes) is 42. The van der Waals surface area contributed by atoms with Crippen LogP contribution in [0.3, 0.4) is 0 Å². The van der Waals surface area contributed by atoms with Gasteiger partial charge < -0.3 is 50.5 Å². The Labute approximate surface area is 510 Å². The molecule has 1 amide bonds. The molecular weight excluding hydrogens is 1040 g/mol. The van der Waals surface area contributed by atoms with E-state index in [1.807, 2.05) is 0 Å². The largest absolute Gasteiger partial charge is 0.394 e. The SMILES string of the molecule is CCCCCCCCCCC/C=C/CC/C=C/CCCC(O)C(O)C(COC1OC(CO)C(O)C(O)C1O)NC(=O)C(O)CCCCCCCCCCCCCCCCCC/C=C\C/C=C\CCCCCCCCCCCCCCCCC. The molecular formula is C72H135NO10. The number of aliphatic hydroxyl groups is 7. The van der Waals surface area contributed by atoms with Crippen LogP contribution in [0.2, 0.25) is 0 Å². The number of rotatable bonds is 62. The van der Waals surface area contributed by atoms with E-state index in [1.165, 1.54) is 244 Å². The van der Waals surface area contributed by atoms with Gasteiger partial charge in [-0.2, -0.15) is 0 Å². The molecule has 1 fully saturated rings. The van der Waals surface area contributed by atoms with Crippen molar-refractivity contribution in [3.63, 3.8) is 0 Å². The molecule has 0 aromatic heterocycles. The van der Waals surface area contributed by atoms with Crippen molar-refractivity contribution in [1.29, 1.82) is 0 Å². The van der Waals surface area contributed by atoms with Crippen LogP contribution in [0.5, 0.6) is 0 Å². The number of amides is 1. The third-order valence-corrected chi connectivity index (χ3v) is 17.1. The highest BCUT2D eigenvalue weighted by atomic mass is 16.7. The summed E-state index contributed by atoms with van der Waals surface area (Å²) in [6.07, 6.45) is 67.9. The van der Waals surface area contributed by atoms with Crippen molar-refractivity contribution in [2.24, 2.45) is 0 Å². The highest BCUT2D eigenvalue weighted by molar-refractivity contribution is 5.80. The monoisotopic (exact) mass is 1170 g/mol. The Hall–Kier alpha value is -1.93. The number of allylic oxidation sites excluding steroid dienone is 8. The van der Waals surface area contributed by atoms with Crippen molar-refractivity contribution in [2.45, 2.75) is 390 Å². The van der Waals surface area contributed by atoms with Gasteiger partial charge in [0.2, 0.25) is 5.91 Å². The quantitative estimate of drug-likeness (QED) is 0.0215. The highest BCUT2D eigenvalue weighted by Crippen LogP contribution is 2.24. The highest BCUT2D eigenvalue weighted by Gasteiger charge is 2.44. The van der Waals surface area contributed by atoms with Crippen molar-refractivity contribution in [3.8, 4) is 0 Å². The van der Waals surface area contributed by atoms with Crippen LogP contribution in [0.1, 0.15) is 335 Å². The summed E-state index contributed by atoms with van der Waals surface area (Å²) in [5.41, 5.74) is 0. The number of nitrogens with one attached hydrogen (secondary N) is 1. The van der Waals surface area contributed by atoms with Gasteiger partial charge >= 0.3 is 0 Å². The average Bonchev–Trinajstić information content (AvgIpc) is 3.65. The molecule has 0 radical (unpaired) electrons. The van der Waals surface area contributed by atoms with Crippen LogP contribution in [0.4, 0.5) is 0 Å². The number of ether oxygens (including phenoxy) is 2. The lowest BCUT2D eigenvalue weighted by atomic mass is 9.98. The fourth-order valence-corrected chi connectivity index (χ4v) is 11.4. The fourth-order valence-electron chi connectivity index (χ4n) is 11.4. The maximum absolute atomic E-state index is 13.2. The molecule has 0 aliphatic carbocycles. The van der Waals surface area contributed by atoms with E-state index < -0.39 is 74.2 Å². The number of carbonyl (C=O) groups excluding carboxylic acids is 1. The zero-order valence-electron chi connectivity index (χ0n) is 53.9. The van der Waals surface area contributed by atoms with Gasteiger partial charge in [0.15, 0.2) is 6.29 Å². The van der Waals surface area contributed by atoms with Gasteiger partial charge in [-0.15, -0.1) is 0 Å². The Balaban J connectivity index is 2.15. The molecule has 83 heavy (non-hydrogen) atoms. The first kappa shape index (κ1) is 79.1. The van der Waals surface area contributed by atoms with E-state index in [-0.39, 0.29) is 12.8 Å². The first-order valence-electron chi connectivity index (χ1n) is 35.5. The molecule has 1 rings (SSSR count). The van der Waals surface area contributed by atoms with Gasteiger partial charge in [0.1, 0.15) is 36.6 Å². The van der Waals surface area contributed by atoms with Gasteiger partial charge in [-0.05, 0) is 83.5 Å². The predicted molar refractivity (Wildman–Crippen MR) is 348 cm³/mol. The normalized spacial score (nSPS) is 19.3.